The lowest BCUT2D eigenvalue weighted by molar-refractivity contribution is 0.0510. The van der Waals surface area contributed by atoms with Crippen molar-refractivity contribution in [1.29, 1.82) is 0 Å². The Morgan fingerprint density at radius 2 is 2.00 bits per heavy atom. The fourth-order valence-corrected chi connectivity index (χ4v) is 1.25. The zero-order chi connectivity index (χ0) is 11.8. The summed E-state index contributed by atoms with van der Waals surface area (Å²) in [7, 11) is 0. The Labute approximate surface area is 95.5 Å². The Morgan fingerprint density at radius 3 is 2.33 bits per heavy atom. The number of nitrogens with zero attached hydrogens (tertiary/aromatic N) is 1. The molecule has 1 aromatic rings. The first kappa shape index (κ1) is 12.0. The highest BCUT2D eigenvalue weighted by atomic mass is 79.9. The van der Waals surface area contributed by atoms with E-state index >= 15 is 0 Å². The highest BCUT2D eigenvalue weighted by Crippen LogP contribution is 2.13. The topological polar surface area (TPSA) is 64.1 Å². The standard InChI is InChI=1S/C9H13BrN2O3/c1-5-6(10)7(13)11-12(5)8(14)15-9(2,3)4/h1-4H3,(H,11,13). The van der Waals surface area contributed by atoms with Gasteiger partial charge in [0.25, 0.3) is 5.56 Å². The number of hydrogen-bond acceptors (Lipinski definition) is 3. The van der Waals surface area contributed by atoms with E-state index < -0.39 is 11.7 Å². The van der Waals surface area contributed by atoms with Crippen LogP contribution in [0.5, 0.6) is 0 Å². The van der Waals surface area contributed by atoms with E-state index in [4.69, 9.17) is 4.74 Å². The normalized spacial score (nSPS) is 11.5. The summed E-state index contributed by atoms with van der Waals surface area (Å²) in [6, 6.07) is 0. The van der Waals surface area contributed by atoms with Gasteiger partial charge in [0.1, 0.15) is 10.1 Å². The minimum absolute atomic E-state index is 0.341. The zero-order valence-electron chi connectivity index (χ0n) is 9.05. The molecule has 6 heteroatoms. The van der Waals surface area contributed by atoms with Crippen LogP contribution in [0.15, 0.2) is 9.27 Å². The number of aromatic nitrogens is 2. The molecule has 0 saturated carbocycles. The molecular weight excluding hydrogens is 264 g/mol. The molecule has 0 aromatic carbocycles. The lowest BCUT2D eigenvalue weighted by Gasteiger charge is -2.19. The van der Waals surface area contributed by atoms with Crippen molar-refractivity contribution in [2.75, 3.05) is 0 Å². The zero-order valence-corrected chi connectivity index (χ0v) is 10.6. The number of halogens is 1. The van der Waals surface area contributed by atoms with Crippen LogP contribution in [0, 0.1) is 6.92 Å². The van der Waals surface area contributed by atoms with Gasteiger partial charge in [0.05, 0.1) is 5.69 Å². The molecule has 0 saturated heterocycles. The summed E-state index contributed by atoms with van der Waals surface area (Å²) >= 11 is 3.08. The van der Waals surface area contributed by atoms with E-state index in [-0.39, 0.29) is 5.56 Å². The smallest absolute Gasteiger partial charge is 0.433 e. The SMILES string of the molecule is Cc1c(Br)c(=O)[nH]n1C(=O)OC(C)(C)C. The Bertz CT molecular complexity index is 439. The average Bonchev–Trinajstić information content (AvgIpc) is 2.30. The number of hydrogen-bond donors (Lipinski definition) is 1. The van der Waals surface area contributed by atoms with Crippen LogP contribution in [-0.4, -0.2) is 21.5 Å². The fourth-order valence-electron chi connectivity index (χ4n) is 0.987. The second-order valence-corrected chi connectivity index (χ2v) is 4.95. The number of carbonyl (C=O) groups is 1. The minimum Gasteiger partial charge on any atom is -0.442 e. The molecule has 0 amide bonds. The van der Waals surface area contributed by atoms with Gasteiger partial charge < -0.3 is 4.74 Å². The third kappa shape index (κ3) is 2.71. The molecule has 0 atom stereocenters. The molecule has 1 rings (SSSR count). The van der Waals surface area contributed by atoms with Crippen molar-refractivity contribution >= 4 is 22.0 Å². The molecule has 0 radical (unpaired) electrons. The van der Waals surface area contributed by atoms with Crippen LogP contribution in [0.3, 0.4) is 0 Å². The number of ether oxygens (including phenoxy) is 1. The van der Waals surface area contributed by atoms with E-state index in [1.807, 2.05) is 0 Å². The summed E-state index contributed by atoms with van der Waals surface area (Å²) in [4.78, 5) is 22.8. The molecule has 5 nitrogen and oxygen atoms in total. The van der Waals surface area contributed by atoms with Gasteiger partial charge in [-0.3, -0.25) is 9.89 Å². The highest BCUT2D eigenvalue weighted by molar-refractivity contribution is 9.10. The molecule has 1 N–H and O–H groups in total. The Balaban J connectivity index is 3.03. The highest BCUT2D eigenvalue weighted by Gasteiger charge is 2.21. The molecule has 0 fully saturated rings. The van der Waals surface area contributed by atoms with Gasteiger partial charge in [-0.2, -0.15) is 4.68 Å². The van der Waals surface area contributed by atoms with E-state index in [9.17, 15) is 9.59 Å². The van der Waals surface area contributed by atoms with Gasteiger partial charge in [0, 0.05) is 0 Å². The van der Waals surface area contributed by atoms with Crippen LogP contribution in [0.4, 0.5) is 4.79 Å². The largest absolute Gasteiger partial charge is 0.442 e. The summed E-state index contributed by atoms with van der Waals surface area (Å²) in [6.07, 6.45) is -0.595. The van der Waals surface area contributed by atoms with Crippen LogP contribution in [0.2, 0.25) is 0 Å². The molecular formula is C9H13BrN2O3. The van der Waals surface area contributed by atoms with Gasteiger partial charge in [-0.25, -0.2) is 4.79 Å². The van der Waals surface area contributed by atoms with Crippen molar-refractivity contribution in [3.63, 3.8) is 0 Å². The van der Waals surface area contributed by atoms with Crippen molar-refractivity contribution in [2.45, 2.75) is 33.3 Å². The summed E-state index contributed by atoms with van der Waals surface area (Å²) in [5, 5.41) is 2.37. The van der Waals surface area contributed by atoms with Crippen molar-refractivity contribution in [2.24, 2.45) is 0 Å². The number of aromatic amines is 1. The first-order valence-corrected chi connectivity index (χ1v) is 5.22. The maximum atomic E-state index is 11.6. The Kier molecular flexibility index (Phi) is 3.08. The molecule has 0 aliphatic carbocycles. The molecule has 0 aliphatic rings. The first-order valence-electron chi connectivity index (χ1n) is 4.43. The summed E-state index contributed by atoms with van der Waals surface area (Å²) in [5.74, 6) is 0. The molecule has 1 aromatic heterocycles. The first-order chi connectivity index (χ1) is 6.72. The van der Waals surface area contributed by atoms with Gasteiger partial charge in [-0.15, -0.1) is 0 Å². The number of rotatable bonds is 0. The molecule has 0 aliphatic heterocycles. The number of carbonyl (C=O) groups excluding carboxylic acids is 1. The van der Waals surface area contributed by atoms with E-state index in [1.54, 1.807) is 27.7 Å². The van der Waals surface area contributed by atoms with E-state index in [0.29, 0.717) is 10.2 Å². The average molecular weight is 277 g/mol. The summed E-state index contributed by atoms with van der Waals surface area (Å²) < 4.78 is 6.53. The van der Waals surface area contributed by atoms with Crippen LogP contribution in [-0.2, 0) is 4.74 Å². The van der Waals surface area contributed by atoms with E-state index in [0.717, 1.165) is 4.68 Å². The predicted molar refractivity (Wildman–Crippen MR) is 59.1 cm³/mol. The summed E-state index contributed by atoms with van der Waals surface area (Å²) in [5.41, 5.74) is -0.440. The van der Waals surface area contributed by atoms with Gasteiger partial charge in [0.2, 0.25) is 0 Å². The second kappa shape index (κ2) is 3.84. The Hall–Kier alpha value is -1.04. The molecule has 15 heavy (non-hydrogen) atoms. The van der Waals surface area contributed by atoms with E-state index in [2.05, 4.69) is 21.0 Å². The lowest BCUT2D eigenvalue weighted by Crippen LogP contribution is -2.28. The number of H-pyrrole nitrogens is 1. The third-order valence-electron chi connectivity index (χ3n) is 1.64. The third-order valence-corrected chi connectivity index (χ3v) is 2.58. The second-order valence-electron chi connectivity index (χ2n) is 4.16. The van der Waals surface area contributed by atoms with E-state index in [1.165, 1.54) is 0 Å². The Morgan fingerprint density at radius 1 is 1.47 bits per heavy atom. The van der Waals surface area contributed by atoms with Gasteiger partial charge in [-0.1, -0.05) is 0 Å². The van der Waals surface area contributed by atoms with Crippen LogP contribution >= 0.6 is 15.9 Å². The molecule has 84 valence electrons. The maximum Gasteiger partial charge on any atom is 0.433 e. The van der Waals surface area contributed by atoms with Gasteiger partial charge in [-0.05, 0) is 43.6 Å². The quantitative estimate of drug-likeness (QED) is 0.789. The summed E-state index contributed by atoms with van der Waals surface area (Å²) in [6.45, 7) is 6.93. The predicted octanol–water partition coefficient (Wildman–Crippen LogP) is 2.03. The van der Waals surface area contributed by atoms with Crippen molar-refractivity contribution in [3.05, 3.63) is 20.5 Å². The number of nitrogens with one attached hydrogen (secondary N) is 1. The van der Waals surface area contributed by atoms with Crippen LogP contribution < -0.4 is 5.56 Å². The lowest BCUT2D eigenvalue weighted by atomic mass is 10.2. The molecule has 0 spiro atoms. The molecule has 1 heterocycles. The van der Waals surface area contributed by atoms with Gasteiger partial charge in [0.15, 0.2) is 0 Å². The van der Waals surface area contributed by atoms with Gasteiger partial charge >= 0.3 is 6.09 Å². The van der Waals surface area contributed by atoms with Crippen LogP contribution in [0.25, 0.3) is 0 Å². The molecule has 0 bridgehead atoms. The minimum atomic E-state index is -0.595. The fraction of sp³-hybridized carbons (Fsp3) is 0.556. The van der Waals surface area contributed by atoms with Crippen LogP contribution in [0.1, 0.15) is 26.5 Å². The molecule has 0 unspecified atom stereocenters. The maximum absolute atomic E-state index is 11.6. The van der Waals surface area contributed by atoms with Crippen molar-refractivity contribution in [1.82, 2.24) is 9.78 Å². The van der Waals surface area contributed by atoms with Crippen molar-refractivity contribution < 1.29 is 9.53 Å². The van der Waals surface area contributed by atoms with Crippen molar-refractivity contribution in [3.8, 4) is 0 Å². The monoisotopic (exact) mass is 276 g/mol.